The normalized spacial score (nSPS) is 12.4. The van der Waals surface area contributed by atoms with Crippen LogP contribution in [0.3, 0.4) is 0 Å². The van der Waals surface area contributed by atoms with E-state index in [2.05, 4.69) is 31.3 Å². The molecule has 1 N–H and O–H groups in total. The second-order valence-corrected chi connectivity index (χ2v) is 14.7. The SMILES string of the molecule is CCCCCCCC/C=C\CCCCCCCC(CCCCCCCCCCCCCCCCCC)OC(=O)NCCCOC(C)C. The van der Waals surface area contributed by atoms with Crippen molar-refractivity contribution in [3.8, 4) is 0 Å². The van der Waals surface area contributed by atoms with Gasteiger partial charge in [0.15, 0.2) is 0 Å². The summed E-state index contributed by atoms with van der Waals surface area (Å²) in [6, 6.07) is 0. The van der Waals surface area contributed by atoms with Crippen LogP contribution in [0.5, 0.6) is 0 Å². The maximum Gasteiger partial charge on any atom is 0.407 e. The molecule has 4 nitrogen and oxygen atoms in total. The fraction of sp³-hybridized carbons (Fsp3) is 0.930. The van der Waals surface area contributed by atoms with Crippen LogP contribution in [0.1, 0.15) is 233 Å². The molecule has 0 aromatic rings. The molecule has 0 rings (SSSR count). The first kappa shape index (κ1) is 46.0. The lowest BCUT2D eigenvalue weighted by molar-refractivity contribution is 0.0720. The number of hydrogen-bond acceptors (Lipinski definition) is 3. The van der Waals surface area contributed by atoms with Crippen LogP contribution < -0.4 is 5.32 Å². The fourth-order valence-electron chi connectivity index (χ4n) is 6.40. The van der Waals surface area contributed by atoms with Gasteiger partial charge in [0.25, 0.3) is 0 Å². The Balaban J connectivity index is 4.00. The summed E-state index contributed by atoms with van der Waals surface area (Å²) in [6.07, 6.45) is 46.9. The quantitative estimate of drug-likeness (QED) is 0.0528. The Hall–Kier alpha value is -1.03. The first-order valence-electron chi connectivity index (χ1n) is 21.3. The number of ether oxygens (including phenoxy) is 2. The summed E-state index contributed by atoms with van der Waals surface area (Å²) in [6.45, 7) is 9.95. The summed E-state index contributed by atoms with van der Waals surface area (Å²) in [7, 11) is 0. The van der Waals surface area contributed by atoms with E-state index in [0.717, 1.165) is 25.7 Å². The lowest BCUT2D eigenvalue weighted by atomic mass is 10.0. The van der Waals surface area contributed by atoms with Crippen molar-refractivity contribution in [1.82, 2.24) is 5.32 Å². The van der Waals surface area contributed by atoms with E-state index in [4.69, 9.17) is 9.47 Å². The Kier molecular flexibility index (Phi) is 38.5. The standard InChI is InChI=1S/C43H85NO3/c1-5-7-9-11-13-15-17-19-21-23-25-27-29-31-33-35-38-42(47-43(45)44-39-36-40-46-41(3)4)37-34-32-30-28-26-24-22-20-18-16-14-12-10-8-6-2/h20,22,41-42H,5-19,21,23-40H2,1-4H3,(H,44,45)/b22-20-. The molecule has 0 bridgehead atoms. The van der Waals surface area contributed by atoms with Crippen LogP contribution in [0.4, 0.5) is 4.79 Å². The van der Waals surface area contributed by atoms with Crippen molar-refractivity contribution < 1.29 is 14.3 Å². The number of unbranched alkanes of at least 4 members (excludes halogenated alkanes) is 26. The number of carbonyl (C=O) groups is 1. The van der Waals surface area contributed by atoms with Gasteiger partial charge in [0, 0.05) is 13.2 Å². The Morgan fingerprint density at radius 2 is 0.872 bits per heavy atom. The number of hydrogen-bond donors (Lipinski definition) is 1. The molecule has 0 fully saturated rings. The van der Waals surface area contributed by atoms with Crippen LogP contribution in [0.15, 0.2) is 12.2 Å². The van der Waals surface area contributed by atoms with Gasteiger partial charge >= 0.3 is 6.09 Å². The number of carbonyl (C=O) groups excluding carboxylic acids is 1. The summed E-state index contributed by atoms with van der Waals surface area (Å²) in [5.74, 6) is 0. The highest BCUT2D eigenvalue weighted by atomic mass is 16.6. The number of allylic oxidation sites excluding steroid dienone is 2. The van der Waals surface area contributed by atoms with Crippen LogP contribution in [-0.2, 0) is 9.47 Å². The molecule has 0 aromatic heterocycles. The third kappa shape index (κ3) is 39.3. The minimum atomic E-state index is -0.246. The van der Waals surface area contributed by atoms with Gasteiger partial charge in [0.2, 0.25) is 0 Å². The molecule has 0 aromatic carbocycles. The summed E-state index contributed by atoms with van der Waals surface area (Å²) < 4.78 is 11.5. The maximum atomic E-state index is 12.5. The van der Waals surface area contributed by atoms with Crippen LogP contribution >= 0.6 is 0 Å². The van der Waals surface area contributed by atoms with Gasteiger partial charge in [0.05, 0.1) is 6.10 Å². The van der Waals surface area contributed by atoms with Crippen molar-refractivity contribution in [2.75, 3.05) is 13.2 Å². The van der Waals surface area contributed by atoms with Gasteiger partial charge in [-0.05, 0) is 71.6 Å². The van der Waals surface area contributed by atoms with Crippen LogP contribution in [0, 0.1) is 0 Å². The second-order valence-electron chi connectivity index (χ2n) is 14.7. The zero-order chi connectivity index (χ0) is 34.3. The van der Waals surface area contributed by atoms with E-state index in [-0.39, 0.29) is 18.3 Å². The van der Waals surface area contributed by atoms with Gasteiger partial charge in [-0.15, -0.1) is 0 Å². The molecular formula is C43H85NO3. The van der Waals surface area contributed by atoms with E-state index in [9.17, 15) is 4.79 Å². The van der Waals surface area contributed by atoms with E-state index in [1.807, 2.05) is 13.8 Å². The van der Waals surface area contributed by atoms with Crippen molar-refractivity contribution in [3.63, 3.8) is 0 Å². The van der Waals surface area contributed by atoms with E-state index < -0.39 is 0 Å². The van der Waals surface area contributed by atoms with Crippen LogP contribution in [0.25, 0.3) is 0 Å². The molecule has 0 saturated carbocycles. The van der Waals surface area contributed by atoms with Gasteiger partial charge in [-0.3, -0.25) is 0 Å². The van der Waals surface area contributed by atoms with Gasteiger partial charge in [0.1, 0.15) is 6.10 Å². The van der Waals surface area contributed by atoms with Crippen molar-refractivity contribution in [2.45, 2.75) is 245 Å². The number of rotatable bonds is 38. The molecule has 1 amide bonds. The highest BCUT2D eigenvalue weighted by molar-refractivity contribution is 5.67. The molecule has 0 aliphatic rings. The minimum Gasteiger partial charge on any atom is -0.446 e. The highest BCUT2D eigenvalue weighted by Gasteiger charge is 2.14. The highest BCUT2D eigenvalue weighted by Crippen LogP contribution is 2.18. The first-order valence-corrected chi connectivity index (χ1v) is 21.3. The van der Waals surface area contributed by atoms with Crippen molar-refractivity contribution in [3.05, 3.63) is 12.2 Å². The summed E-state index contributed by atoms with van der Waals surface area (Å²) in [4.78, 5) is 12.5. The summed E-state index contributed by atoms with van der Waals surface area (Å²) in [5.41, 5.74) is 0. The molecule has 47 heavy (non-hydrogen) atoms. The molecule has 280 valence electrons. The third-order valence-electron chi connectivity index (χ3n) is 9.48. The Morgan fingerprint density at radius 3 is 1.26 bits per heavy atom. The molecule has 0 heterocycles. The Morgan fingerprint density at radius 1 is 0.511 bits per heavy atom. The largest absolute Gasteiger partial charge is 0.446 e. The zero-order valence-corrected chi connectivity index (χ0v) is 32.6. The maximum absolute atomic E-state index is 12.5. The third-order valence-corrected chi connectivity index (χ3v) is 9.48. The molecule has 0 saturated heterocycles. The summed E-state index contributed by atoms with van der Waals surface area (Å²) >= 11 is 0. The molecule has 1 unspecified atom stereocenters. The minimum absolute atomic E-state index is 0.0541. The number of amides is 1. The fourth-order valence-corrected chi connectivity index (χ4v) is 6.40. The van der Waals surface area contributed by atoms with E-state index in [0.29, 0.717) is 13.2 Å². The predicted molar refractivity (Wildman–Crippen MR) is 208 cm³/mol. The first-order chi connectivity index (χ1) is 23.1. The average Bonchev–Trinajstić information content (AvgIpc) is 3.05. The Bertz CT molecular complexity index is 635. The van der Waals surface area contributed by atoms with Crippen LogP contribution in [0.2, 0.25) is 0 Å². The average molecular weight is 664 g/mol. The Labute approximate surface area is 295 Å². The van der Waals surface area contributed by atoms with Gasteiger partial charge < -0.3 is 14.8 Å². The lowest BCUT2D eigenvalue weighted by Gasteiger charge is -2.18. The monoisotopic (exact) mass is 664 g/mol. The molecule has 0 radical (unpaired) electrons. The molecule has 4 heteroatoms. The molecule has 0 aliphatic carbocycles. The molecule has 1 atom stereocenters. The predicted octanol–water partition coefficient (Wildman–Crippen LogP) is 14.6. The van der Waals surface area contributed by atoms with Crippen molar-refractivity contribution >= 4 is 6.09 Å². The smallest absolute Gasteiger partial charge is 0.407 e. The topological polar surface area (TPSA) is 47.6 Å². The van der Waals surface area contributed by atoms with Gasteiger partial charge in [-0.25, -0.2) is 4.79 Å². The van der Waals surface area contributed by atoms with Gasteiger partial charge in [-0.1, -0.05) is 174 Å². The molecule has 0 spiro atoms. The van der Waals surface area contributed by atoms with Crippen molar-refractivity contribution in [1.29, 1.82) is 0 Å². The zero-order valence-electron chi connectivity index (χ0n) is 32.6. The van der Waals surface area contributed by atoms with Crippen LogP contribution in [-0.4, -0.2) is 31.5 Å². The van der Waals surface area contributed by atoms with Gasteiger partial charge in [-0.2, -0.15) is 0 Å². The second kappa shape index (κ2) is 39.4. The molecule has 0 aliphatic heterocycles. The van der Waals surface area contributed by atoms with E-state index >= 15 is 0 Å². The number of alkyl carbamates (subject to hydrolysis) is 1. The number of nitrogens with one attached hydrogen (secondary N) is 1. The lowest BCUT2D eigenvalue weighted by Crippen LogP contribution is -2.30. The molecular weight excluding hydrogens is 578 g/mol. The summed E-state index contributed by atoms with van der Waals surface area (Å²) in [5, 5.41) is 2.95. The van der Waals surface area contributed by atoms with E-state index in [1.54, 1.807) is 0 Å². The van der Waals surface area contributed by atoms with Crippen molar-refractivity contribution in [2.24, 2.45) is 0 Å². The van der Waals surface area contributed by atoms with E-state index in [1.165, 1.54) is 180 Å².